The van der Waals surface area contributed by atoms with Gasteiger partial charge in [-0.15, -0.1) is 0 Å². The van der Waals surface area contributed by atoms with Gasteiger partial charge in [0, 0.05) is 67.4 Å². The van der Waals surface area contributed by atoms with E-state index in [1.165, 1.54) is 11.1 Å². The molecule has 356 valence electrons. The Balaban J connectivity index is 1.04. The third kappa shape index (κ3) is 11.5. The van der Waals surface area contributed by atoms with Gasteiger partial charge >= 0.3 is 11.9 Å². The van der Waals surface area contributed by atoms with E-state index < -0.39 is 11.9 Å². The SMILES string of the molecule is COc1cc(C[C@@H]2c3cc(CO)c(CO)cc3CC[N@+]2(C)CCCOC(=O)C=CC(=O)OCCC[N@@+]2(C)CCc3cc(OC)c(OC)cc3[C@H]2Cc2ccc(OC)c(OC)c2)ccc1CO. The van der Waals surface area contributed by atoms with Crippen LogP contribution in [0.15, 0.2) is 72.8 Å². The number of ether oxygens (including phenoxy) is 7. The molecule has 4 atom stereocenters. The summed E-state index contributed by atoms with van der Waals surface area (Å²) in [4.78, 5) is 25.6. The van der Waals surface area contributed by atoms with Gasteiger partial charge in [-0.3, -0.25) is 0 Å². The fourth-order valence-electron chi connectivity index (χ4n) is 9.91. The maximum absolute atomic E-state index is 12.8. The van der Waals surface area contributed by atoms with Crippen LogP contribution >= 0.6 is 0 Å². The zero-order valence-corrected chi connectivity index (χ0v) is 39.6. The van der Waals surface area contributed by atoms with E-state index in [0.717, 1.165) is 78.9 Å². The van der Waals surface area contributed by atoms with Gasteiger partial charge in [0.05, 0.1) is 109 Å². The van der Waals surface area contributed by atoms with Crippen molar-refractivity contribution in [3.05, 3.63) is 123 Å². The second-order valence-electron chi connectivity index (χ2n) is 17.7. The molecule has 2 aliphatic rings. The van der Waals surface area contributed by atoms with Gasteiger partial charge in [-0.1, -0.05) is 24.3 Å². The van der Waals surface area contributed by atoms with Gasteiger partial charge in [0.25, 0.3) is 0 Å². The van der Waals surface area contributed by atoms with Crippen molar-refractivity contribution in [2.45, 2.75) is 70.4 Å². The van der Waals surface area contributed by atoms with Gasteiger partial charge in [-0.25, -0.2) is 9.59 Å². The number of quaternary nitrogens is 2. The molecule has 3 N–H and O–H groups in total. The average molecular weight is 913 g/mol. The molecule has 0 bridgehead atoms. The fourth-order valence-corrected chi connectivity index (χ4v) is 9.91. The molecule has 4 aromatic carbocycles. The van der Waals surface area contributed by atoms with Gasteiger partial charge in [0.15, 0.2) is 23.0 Å². The highest BCUT2D eigenvalue weighted by atomic mass is 16.5. The molecule has 0 radical (unpaired) electrons. The van der Waals surface area contributed by atoms with Gasteiger partial charge in [-0.05, 0) is 69.8 Å². The smallest absolute Gasteiger partial charge is 0.331 e. The number of hydrogen-bond donors (Lipinski definition) is 3. The van der Waals surface area contributed by atoms with E-state index in [0.29, 0.717) is 74.6 Å². The summed E-state index contributed by atoms with van der Waals surface area (Å²) in [5.41, 5.74) is 8.93. The van der Waals surface area contributed by atoms with Crippen LogP contribution in [0.1, 0.15) is 75.0 Å². The number of carbonyl (C=O) groups is 2. The van der Waals surface area contributed by atoms with Crippen molar-refractivity contribution in [1.82, 2.24) is 0 Å². The van der Waals surface area contributed by atoms with Gasteiger partial charge in [-0.2, -0.15) is 0 Å². The number of nitrogens with zero attached hydrogens (tertiary/aromatic N) is 2. The zero-order valence-electron chi connectivity index (χ0n) is 39.6. The molecule has 0 aliphatic carbocycles. The standard InChI is InChI=1S/C52H68N2O12/c1-53(20-16-37-28-40(33-56)41(34-57)29-42(37)44(53)24-35-10-12-39(32-55)47(26-35)61-4)18-8-22-65-51(58)14-15-52(59)66-23-9-19-54(2)21-17-38-30-49(63-6)50(64-7)31-43(38)45(54)25-36-11-13-46(60-3)48(27-36)62-5/h10-15,26-31,44-45,55-57H,8-9,16-25,32-34H2,1-7H3/q+2/t44-,45-,53+,54+/m1/s1. The van der Waals surface area contributed by atoms with Crippen molar-refractivity contribution in [3.8, 4) is 28.7 Å². The molecule has 14 nitrogen and oxygen atoms in total. The summed E-state index contributed by atoms with van der Waals surface area (Å²) in [6.07, 6.45) is 6.45. The molecule has 0 unspecified atom stereocenters. The maximum atomic E-state index is 12.8. The molecule has 2 aliphatic heterocycles. The first-order valence-electron chi connectivity index (χ1n) is 22.6. The van der Waals surface area contributed by atoms with Gasteiger partial charge in [0.1, 0.15) is 17.8 Å². The summed E-state index contributed by atoms with van der Waals surface area (Å²) in [5, 5.41) is 30.0. The highest BCUT2D eigenvalue weighted by Crippen LogP contribution is 2.44. The Morgan fingerprint density at radius 1 is 0.545 bits per heavy atom. The Morgan fingerprint density at radius 3 is 1.50 bits per heavy atom. The summed E-state index contributed by atoms with van der Waals surface area (Å²) in [6.45, 7) is 3.03. The van der Waals surface area contributed by atoms with Crippen LogP contribution in [-0.4, -0.2) is 125 Å². The van der Waals surface area contributed by atoms with Crippen molar-refractivity contribution in [1.29, 1.82) is 0 Å². The zero-order chi connectivity index (χ0) is 47.4. The van der Waals surface area contributed by atoms with Crippen LogP contribution in [0.25, 0.3) is 0 Å². The first-order valence-corrected chi connectivity index (χ1v) is 22.6. The molecule has 14 heteroatoms. The number of benzene rings is 4. The van der Waals surface area contributed by atoms with Crippen LogP contribution in [-0.2, 0) is 64.6 Å². The van der Waals surface area contributed by atoms with Crippen LogP contribution in [0, 0.1) is 0 Å². The third-order valence-corrected chi connectivity index (χ3v) is 13.8. The Hall–Kier alpha value is -5.64. The molecule has 0 amide bonds. The number of methoxy groups -OCH3 is 5. The van der Waals surface area contributed by atoms with Crippen molar-refractivity contribution in [2.75, 3.05) is 89.0 Å². The largest absolute Gasteiger partial charge is 0.496 e. The van der Waals surface area contributed by atoms with E-state index in [-0.39, 0.29) is 45.1 Å². The minimum Gasteiger partial charge on any atom is -0.496 e. The van der Waals surface area contributed by atoms with E-state index in [2.05, 4.69) is 32.3 Å². The summed E-state index contributed by atoms with van der Waals surface area (Å²) < 4.78 is 40.6. The Morgan fingerprint density at radius 2 is 0.985 bits per heavy atom. The van der Waals surface area contributed by atoms with Crippen LogP contribution < -0.4 is 23.7 Å². The minimum atomic E-state index is -0.620. The highest BCUT2D eigenvalue weighted by molar-refractivity contribution is 5.91. The molecule has 0 spiro atoms. The number of fused-ring (bicyclic) bond motifs is 2. The van der Waals surface area contributed by atoms with Crippen LogP contribution in [0.3, 0.4) is 0 Å². The van der Waals surface area contributed by atoms with Crippen molar-refractivity contribution >= 4 is 11.9 Å². The molecular weight excluding hydrogens is 845 g/mol. The number of aliphatic hydroxyl groups excluding tert-OH is 3. The molecule has 0 fully saturated rings. The van der Waals surface area contributed by atoms with Crippen molar-refractivity contribution in [3.63, 3.8) is 0 Å². The van der Waals surface area contributed by atoms with E-state index in [9.17, 15) is 24.9 Å². The average Bonchev–Trinajstić information content (AvgIpc) is 3.34. The summed E-state index contributed by atoms with van der Waals surface area (Å²) in [5.74, 6) is 2.10. The quantitative estimate of drug-likeness (QED) is 0.0372. The lowest BCUT2D eigenvalue weighted by molar-refractivity contribution is -0.941. The fraction of sp³-hybridized carbons (Fsp3) is 0.462. The molecule has 0 saturated carbocycles. The van der Waals surface area contributed by atoms with Crippen molar-refractivity contribution < 1.29 is 67.0 Å². The lowest BCUT2D eigenvalue weighted by Gasteiger charge is -2.46. The number of carbonyl (C=O) groups excluding carboxylic acids is 2. The minimum absolute atomic E-state index is 0.00625. The van der Waals surface area contributed by atoms with Crippen LogP contribution in [0.4, 0.5) is 0 Å². The molecule has 0 aromatic heterocycles. The number of rotatable bonds is 22. The summed E-state index contributed by atoms with van der Waals surface area (Å²) >= 11 is 0. The van der Waals surface area contributed by atoms with E-state index in [1.807, 2.05) is 42.5 Å². The summed E-state index contributed by atoms with van der Waals surface area (Å²) in [6, 6.07) is 20.1. The number of aliphatic hydroxyl groups is 3. The predicted molar refractivity (Wildman–Crippen MR) is 249 cm³/mol. The molecule has 4 aromatic rings. The molecular formula is C52H68N2O12+2. The normalized spacial score (nSPS) is 20.0. The number of hydrogen-bond acceptors (Lipinski definition) is 12. The monoisotopic (exact) mass is 912 g/mol. The molecule has 6 rings (SSSR count). The molecule has 2 heterocycles. The Labute approximate surface area is 389 Å². The highest BCUT2D eigenvalue weighted by Gasteiger charge is 2.41. The van der Waals surface area contributed by atoms with E-state index in [1.54, 1.807) is 35.5 Å². The molecule has 66 heavy (non-hydrogen) atoms. The maximum Gasteiger partial charge on any atom is 0.331 e. The first-order chi connectivity index (χ1) is 31.9. The van der Waals surface area contributed by atoms with Crippen LogP contribution in [0.5, 0.6) is 28.7 Å². The van der Waals surface area contributed by atoms with Gasteiger partial charge in [0.2, 0.25) is 0 Å². The van der Waals surface area contributed by atoms with E-state index in [4.69, 9.17) is 33.2 Å². The Bertz CT molecular complexity index is 2190. The predicted octanol–water partition coefficient (Wildman–Crippen LogP) is 5.90. The molecule has 0 saturated heterocycles. The third-order valence-electron chi connectivity index (χ3n) is 13.8. The van der Waals surface area contributed by atoms with E-state index >= 15 is 0 Å². The topological polar surface area (TPSA) is 159 Å². The lowest BCUT2D eigenvalue weighted by atomic mass is 9.84. The number of likely N-dealkylation sites (N-methyl/N-ethyl adjacent to an activating group) is 2. The Kier molecular flexibility index (Phi) is 17.1. The summed E-state index contributed by atoms with van der Waals surface area (Å²) in [7, 11) is 12.6. The first kappa shape index (κ1) is 49.8. The van der Waals surface area contributed by atoms with Crippen molar-refractivity contribution in [2.24, 2.45) is 0 Å². The van der Waals surface area contributed by atoms with Gasteiger partial charge < -0.3 is 57.4 Å². The second-order valence-corrected chi connectivity index (χ2v) is 17.7. The lowest BCUT2D eigenvalue weighted by Crippen LogP contribution is -2.52. The second kappa shape index (κ2) is 22.7. The van der Waals surface area contributed by atoms with Crippen LogP contribution in [0.2, 0.25) is 0 Å². The number of esters is 2.